The van der Waals surface area contributed by atoms with Gasteiger partial charge in [-0.15, -0.1) is 5.10 Å². The summed E-state index contributed by atoms with van der Waals surface area (Å²) in [6, 6.07) is 17.7. The zero-order chi connectivity index (χ0) is 17.2. The first-order valence-corrected chi connectivity index (χ1v) is 7.90. The number of rotatable bonds is 4. The van der Waals surface area contributed by atoms with Crippen molar-refractivity contribution in [2.24, 2.45) is 0 Å². The van der Waals surface area contributed by atoms with Crippen molar-refractivity contribution >= 4 is 22.5 Å². The van der Waals surface area contributed by atoms with Crippen LogP contribution in [0.3, 0.4) is 0 Å². The fourth-order valence-corrected chi connectivity index (χ4v) is 2.64. The maximum atomic E-state index is 12.3. The number of aromatic nitrogens is 5. The van der Waals surface area contributed by atoms with Gasteiger partial charge in [0.25, 0.3) is 5.56 Å². The molecule has 0 atom stereocenters. The number of aromatic amines is 1. The number of hydrogen-bond acceptors (Lipinski definition) is 5. The zero-order valence-electron chi connectivity index (χ0n) is 13.6. The highest BCUT2D eigenvalue weighted by molar-refractivity contribution is 5.86. The molecule has 0 saturated heterocycles. The molecule has 0 aliphatic rings. The van der Waals surface area contributed by atoms with Gasteiger partial charge in [-0.2, -0.15) is 5.10 Å². The Labute approximate surface area is 143 Å². The van der Waals surface area contributed by atoms with Crippen molar-refractivity contribution in [3.05, 3.63) is 76.1 Å². The second-order valence-electron chi connectivity index (χ2n) is 5.82. The van der Waals surface area contributed by atoms with Crippen LogP contribution in [0, 0.1) is 6.92 Å². The number of benzene rings is 2. The van der Waals surface area contributed by atoms with Crippen LogP contribution in [-0.4, -0.2) is 25.2 Å². The number of hydrogen-bond donors (Lipinski definition) is 2. The predicted octanol–water partition coefficient (Wildman–Crippen LogP) is 2.61. The molecule has 0 bridgehead atoms. The van der Waals surface area contributed by atoms with Crippen molar-refractivity contribution in [1.29, 1.82) is 0 Å². The van der Waals surface area contributed by atoms with E-state index in [4.69, 9.17) is 0 Å². The molecule has 2 aromatic heterocycles. The van der Waals surface area contributed by atoms with Crippen LogP contribution in [0.5, 0.6) is 0 Å². The lowest BCUT2D eigenvalue weighted by atomic mass is 10.2. The maximum Gasteiger partial charge on any atom is 0.292 e. The quantitative estimate of drug-likeness (QED) is 0.600. The lowest BCUT2D eigenvalue weighted by molar-refractivity contribution is 0.667. The van der Waals surface area contributed by atoms with Crippen LogP contribution in [0.2, 0.25) is 0 Å². The van der Waals surface area contributed by atoms with Crippen LogP contribution in [0.4, 0.5) is 11.5 Å². The summed E-state index contributed by atoms with van der Waals surface area (Å²) in [5, 5.41) is 18.1. The van der Waals surface area contributed by atoms with Crippen molar-refractivity contribution < 1.29 is 0 Å². The average Bonchev–Trinajstić information content (AvgIpc) is 3.05. The van der Waals surface area contributed by atoms with Gasteiger partial charge in [0.05, 0.1) is 6.54 Å². The lowest BCUT2D eigenvalue weighted by Crippen LogP contribution is -2.15. The van der Waals surface area contributed by atoms with E-state index in [1.54, 1.807) is 4.68 Å². The van der Waals surface area contributed by atoms with Gasteiger partial charge in [0.2, 0.25) is 0 Å². The molecule has 25 heavy (non-hydrogen) atoms. The van der Waals surface area contributed by atoms with Gasteiger partial charge >= 0.3 is 0 Å². The minimum absolute atomic E-state index is 0.314. The van der Waals surface area contributed by atoms with E-state index in [1.807, 2.05) is 61.5 Å². The number of anilines is 2. The molecule has 124 valence electrons. The third kappa shape index (κ3) is 2.99. The second kappa shape index (κ2) is 6.20. The van der Waals surface area contributed by atoms with E-state index in [9.17, 15) is 4.79 Å². The Morgan fingerprint density at radius 3 is 2.60 bits per heavy atom. The van der Waals surface area contributed by atoms with E-state index in [0.29, 0.717) is 23.4 Å². The third-order valence-corrected chi connectivity index (χ3v) is 3.93. The molecule has 0 aliphatic heterocycles. The highest BCUT2D eigenvalue weighted by atomic mass is 16.1. The molecule has 0 aliphatic carbocycles. The summed E-state index contributed by atoms with van der Waals surface area (Å²) < 4.78 is 1.59. The molecule has 0 unspecified atom stereocenters. The van der Waals surface area contributed by atoms with Gasteiger partial charge in [-0.1, -0.05) is 53.2 Å². The highest BCUT2D eigenvalue weighted by Crippen LogP contribution is 2.20. The van der Waals surface area contributed by atoms with Crippen molar-refractivity contribution in [1.82, 2.24) is 25.2 Å². The van der Waals surface area contributed by atoms with Crippen LogP contribution in [0.1, 0.15) is 11.1 Å². The number of nitrogens with zero attached hydrogens (tertiary/aromatic N) is 4. The van der Waals surface area contributed by atoms with Crippen LogP contribution < -0.4 is 10.9 Å². The van der Waals surface area contributed by atoms with Crippen LogP contribution in [-0.2, 0) is 6.54 Å². The first-order valence-electron chi connectivity index (χ1n) is 7.90. The maximum absolute atomic E-state index is 12.3. The van der Waals surface area contributed by atoms with Crippen LogP contribution in [0.15, 0.2) is 59.4 Å². The Kier molecular flexibility index (Phi) is 3.74. The van der Waals surface area contributed by atoms with Gasteiger partial charge in [0, 0.05) is 5.69 Å². The monoisotopic (exact) mass is 332 g/mol. The van der Waals surface area contributed by atoms with Crippen molar-refractivity contribution in [2.75, 3.05) is 5.32 Å². The molecule has 2 heterocycles. The normalized spacial score (nSPS) is 10.9. The Balaban J connectivity index is 1.74. The molecular weight excluding hydrogens is 316 g/mol. The number of aryl methyl sites for hydroxylation is 1. The molecule has 4 rings (SSSR count). The number of nitrogens with one attached hydrogen (secondary N) is 2. The Bertz CT molecular complexity index is 1070. The van der Waals surface area contributed by atoms with Crippen LogP contribution in [0.25, 0.3) is 11.0 Å². The fraction of sp³-hybridized carbons (Fsp3) is 0.111. The fourth-order valence-electron chi connectivity index (χ4n) is 2.64. The number of H-pyrrole nitrogens is 1. The summed E-state index contributed by atoms with van der Waals surface area (Å²) in [4.78, 5) is 12.3. The molecule has 0 amide bonds. The molecule has 7 nitrogen and oxygen atoms in total. The summed E-state index contributed by atoms with van der Waals surface area (Å²) in [5.41, 5.74) is 3.60. The van der Waals surface area contributed by atoms with Gasteiger partial charge in [-0.05, 0) is 24.6 Å². The Hall–Kier alpha value is -3.48. The average molecular weight is 332 g/mol. The zero-order valence-corrected chi connectivity index (χ0v) is 13.6. The lowest BCUT2D eigenvalue weighted by Gasteiger charge is -2.06. The van der Waals surface area contributed by atoms with E-state index in [-0.39, 0.29) is 5.56 Å². The third-order valence-electron chi connectivity index (χ3n) is 3.93. The summed E-state index contributed by atoms with van der Waals surface area (Å²) in [6.07, 6.45) is 0. The van der Waals surface area contributed by atoms with Crippen molar-refractivity contribution in [3.63, 3.8) is 0 Å². The Morgan fingerprint density at radius 2 is 1.84 bits per heavy atom. The first kappa shape index (κ1) is 15.1. The van der Waals surface area contributed by atoms with E-state index in [0.717, 1.165) is 11.3 Å². The van der Waals surface area contributed by atoms with Gasteiger partial charge in [0.15, 0.2) is 16.9 Å². The van der Waals surface area contributed by atoms with E-state index >= 15 is 0 Å². The van der Waals surface area contributed by atoms with Gasteiger partial charge in [0.1, 0.15) is 0 Å². The van der Waals surface area contributed by atoms with E-state index < -0.39 is 0 Å². The SMILES string of the molecule is Cc1ccc(Nc2n[nH]c(=O)c3c2nnn3Cc2ccccc2)cc1. The van der Waals surface area contributed by atoms with E-state index in [1.165, 1.54) is 5.56 Å². The van der Waals surface area contributed by atoms with Gasteiger partial charge in [-0.3, -0.25) is 4.79 Å². The molecule has 0 spiro atoms. The molecule has 7 heteroatoms. The predicted molar refractivity (Wildman–Crippen MR) is 95.9 cm³/mol. The molecule has 0 fully saturated rings. The minimum atomic E-state index is -0.314. The molecular formula is C18H16N6O. The molecule has 0 saturated carbocycles. The Morgan fingerprint density at radius 1 is 1.08 bits per heavy atom. The minimum Gasteiger partial charge on any atom is -0.337 e. The van der Waals surface area contributed by atoms with Crippen molar-refractivity contribution in [3.8, 4) is 0 Å². The van der Waals surface area contributed by atoms with Crippen molar-refractivity contribution in [2.45, 2.75) is 13.5 Å². The van der Waals surface area contributed by atoms with Crippen LogP contribution >= 0.6 is 0 Å². The first-order chi connectivity index (χ1) is 12.2. The summed E-state index contributed by atoms with van der Waals surface area (Å²) in [6.45, 7) is 2.49. The summed E-state index contributed by atoms with van der Waals surface area (Å²) in [5.74, 6) is 0.470. The standard InChI is InChI=1S/C18H16N6O/c1-12-7-9-14(10-8-12)19-17-15-16(18(25)22-21-17)24(23-20-15)11-13-5-3-2-4-6-13/h2-10H,11H2,1H3,(H,19,21)(H,22,25). The van der Waals surface area contributed by atoms with Gasteiger partial charge in [-0.25, -0.2) is 9.78 Å². The molecule has 4 aromatic rings. The van der Waals surface area contributed by atoms with E-state index in [2.05, 4.69) is 25.8 Å². The topological polar surface area (TPSA) is 88.5 Å². The number of fused-ring (bicyclic) bond motifs is 1. The molecule has 2 aromatic carbocycles. The largest absolute Gasteiger partial charge is 0.337 e. The van der Waals surface area contributed by atoms with Gasteiger partial charge < -0.3 is 5.32 Å². The summed E-state index contributed by atoms with van der Waals surface area (Å²) >= 11 is 0. The molecule has 0 radical (unpaired) electrons. The smallest absolute Gasteiger partial charge is 0.292 e. The second-order valence-corrected chi connectivity index (χ2v) is 5.82. The summed E-state index contributed by atoms with van der Waals surface area (Å²) in [7, 11) is 0. The highest BCUT2D eigenvalue weighted by Gasteiger charge is 2.15. The molecule has 2 N–H and O–H groups in total.